The maximum absolute atomic E-state index is 11.0. The van der Waals surface area contributed by atoms with E-state index in [4.69, 9.17) is 0 Å². The second kappa shape index (κ2) is 8.24. The fourth-order valence-corrected chi connectivity index (χ4v) is 3.65. The number of benzene rings is 2. The summed E-state index contributed by atoms with van der Waals surface area (Å²) in [5.41, 5.74) is 4.41. The van der Waals surface area contributed by atoms with Crippen LogP contribution in [0.4, 0.5) is 0 Å². The van der Waals surface area contributed by atoms with Gasteiger partial charge in [0.1, 0.15) is 11.5 Å². The number of phenolic OH excluding ortho intramolecular Hbond substituents is 2. The maximum atomic E-state index is 11.0. The molecule has 0 radical (unpaired) electrons. The Hall–Kier alpha value is -2.52. The molecular weight excluding hydrogens is 322 g/mol. The third-order valence-electron chi connectivity index (χ3n) is 4.95. The van der Waals surface area contributed by atoms with Crippen LogP contribution in [0.25, 0.3) is 11.1 Å². The number of rotatable bonds is 7. The lowest BCUT2D eigenvalue weighted by Gasteiger charge is -2.19. The zero-order valence-electron chi connectivity index (χ0n) is 15.2. The molecule has 136 valence electrons. The van der Waals surface area contributed by atoms with Crippen molar-refractivity contribution in [2.24, 2.45) is 0 Å². The van der Waals surface area contributed by atoms with Crippen molar-refractivity contribution in [2.45, 2.75) is 32.2 Å². The number of allylic oxidation sites excluding steroid dienone is 2. The van der Waals surface area contributed by atoms with E-state index in [0.29, 0.717) is 11.1 Å². The third kappa shape index (κ3) is 4.00. The summed E-state index contributed by atoms with van der Waals surface area (Å²) in [5.74, 6) is 0.437. The monoisotopic (exact) mass is 349 g/mol. The lowest BCUT2D eigenvalue weighted by molar-refractivity contribution is 0.324. The highest BCUT2D eigenvalue weighted by atomic mass is 16.3. The summed E-state index contributed by atoms with van der Waals surface area (Å²) in [5, 5.41) is 21.4. The number of nitrogens with zero attached hydrogens (tertiary/aromatic N) is 1. The van der Waals surface area contributed by atoms with Gasteiger partial charge in [0.2, 0.25) is 0 Å². The predicted octanol–water partition coefficient (Wildman–Crippen LogP) is 4.82. The van der Waals surface area contributed by atoms with E-state index in [-0.39, 0.29) is 11.5 Å². The predicted molar refractivity (Wildman–Crippen MR) is 108 cm³/mol. The van der Waals surface area contributed by atoms with Crippen molar-refractivity contribution in [3.8, 4) is 22.6 Å². The molecule has 3 nitrogen and oxygen atoms in total. The molecule has 2 N–H and O–H groups in total. The van der Waals surface area contributed by atoms with Gasteiger partial charge in [-0.25, -0.2) is 0 Å². The number of phenols is 2. The van der Waals surface area contributed by atoms with Gasteiger partial charge in [-0.1, -0.05) is 24.3 Å². The first-order valence-corrected chi connectivity index (χ1v) is 9.23. The first-order valence-electron chi connectivity index (χ1n) is 9.23. The van der Waals surface area contributed by atoms with Crippen LogP contribution >= 0.6 is 0 Å². The van der Waals surface area contributed by atoms with Gasteiger partial charge in [-0.05, 0) is 68.1 Å². The van der Waals surface area contributed by atoms with E-state index < -0.39 is 0 Å². The van der Waals surface area contributed by atoms with Crippen LogP contribution in [0.2, 0.25) is 0 Å². The van der Waals surface area contributed by atoms with E-state index >= 15 is 0 Å². The Balaban J connectivity index is 2.07. The van der Waals surface area contributed by atoms with Gasteiger partial charge >= 0.3 is 0 Å². The van der Waals surface area contributed by atoms with Crippen molar-refractivity contribution in [3.05, 3.63) is 72.3 Å². The highest BCUT2D eigenvalue weighted by Crippen LogP contribution is 2.39. The molecule has 0 amide bonds. The summed E-state index contributed by atoms with van der Waals surface area (Å²) < 4.78 is 0. The SMILES string of the molecule is C=CCc1ccc(O)c(-c2cc(CC=C)cc(CN3CCCC3)c2O)c1. The van der Waals surface area contributed by atoms with Gasteiger partial charge < -0.3 is 10.2 Å². The summed E-state index contributed by atoms with van der Waals surface area (Å²) in [4.78, 5) is 2.37. The minimum atomic E-state index is 0.177. The molecule has 26 heavy (non-hydrogen) atoms. The molecule has 0 aliphatic carbocycles. The highest BCUT2D eigenvalue weighted by molar-refractivity contribution is 5.78. The van der Waals surface area contributed by atoms with Crippen molar-refractivity contribution in [3.63, 3.8) is 0 Å². The van der Waals surface area contributed by atoms with Gasteiger partial charge in [0.25, 0.3) is 0 Å². The molecule has 1 fully saturated rings. The molecule has 0 aromatic heterocycles. The van der Waals surface area contributed by atoms with Crippen LogP contribution in [0.1, 0.15) is 29.5 Å². The molecule has 1 saturated heterocycles. The average Bonchev–Trinajstić information content (AvgIpc) is 3.13. The number of hydrogen-bond donors (Lipinski definition) is 2. The van der Waals surface area contributed by atoms with Crippen LogP contribution in [0.15, 0.2) is 55.6 Å². The van der Waals surface area contributed by atoms with E-state index in [1.165, 1.54) is 12.8 Å². The van der Waals surface area contributed by atoms with Crippen LogP contribution in [0, 0.1) is 0 Å². The van der Waals surface area contributed by atoms with Gasteiger partial charge in [-0.3, -0.25) is 4.90 Å². The standard InChI is InChI=1S/C23H27NO2/c1-3-7-17-9-10-22(25)20(14-17)21-15-18(8-4-2)13-19(23(21)26)16-24-11-5-6-12-24/h3-4,9-10,13-15,25-26H,1-2,5-8,11-12,16H2. The van der Waals surface area contributed by atoms with Crippen molar-refractivity contribution in [1.29, 1.82) is 0 Å². The van der Waals surface area contributed by atoms with Crippen LogP contribution in [0.3, 0.4) is 0 Å². The summed E-state index contributed by atoms with van der Waals surface area (Å²) in [6, 6.07) is 9.52. The molecule has 0 saturated carbocycles. The fraction of sp³-hybridized carbons (Fsp3) is 0.304. The van der Waals surface area contributed by atoms with Crippen molar-refractivity contribution < 1.29 is 10.2 Å². The van der Waals surface area contributed by atoms with Crippen LogP contribution < -0.4 is 0 Å². The van der Waals surface area contributed by atoms with Crippen molar-refractivity contribution in [2.75, 3.05) is 13.1 Å². The van der Waals surface area contributed by atoms with E-state index in [1.54, 1.807) is 6.07 Å². The fourth-order valence-electron chi connectivity index (χ4n) is 3.65. The van der Waals surface area contributed by atoms with Gasteiger partial charge in [-0.2, -0.15) is 0 Å². The second-order valence-electron chi connectivity index (χ2n) is 6.97. The van der Waals surface area contributed by atoms with E-state index in [9.17, 15) is 10.2 Å². The van der Waals surface area contributed by atoms with Crippen LogP contribution in [-0.2, 0) is 19.4 Å². The first kappa shape index (κ1) is 18.3. The molecule has 0 spiro atoms. The minimum Gasteiger partial charge on any atom is -0.507 e. The van der Waals surface area contributed by atoms with Crippen LogP contribution in [0.5, 0.6) is 11.5 Å². The van der Waals surface area contributed by atoms with Crippen molar-refractivity contribution in [1.82, 2.24) is 4.90 Å². The first-order chi connectivity index (χ1) is 12.6. The number of aromatic hydroxyl groups is 2. The van der Waals surface area contributed by atoms with E-state index in [1.807, 2.05) is 30.4 Å². The molecule has 0 atom stereocenters. The van der Waals surface area contributed by atoms with Crippen molar-refractivity contribution >= 4 is 0 Å². The normalized spacial score (nSPS) is 14.5. The Morgan fingerprint density at radius 3 is 2.23 bits per heavy atom. The zero-order valence-corrected chi connectivity index (χ0v) is 15.2. The summed E-state index contributed by atoms with van der Waals surface area (Å²) in [7, 11) is 0. The average molecular weight is 349 g/mol. The number of likely N-dealkylation sites (tertiary alicyclic amines) is 1. The van der Waals surface area contributed by atoms with Gasteiger partial charge in [0.15, 0.2) is 0 Å². The Morgan fingerprint density at radius 1 is 0.885 bits per heavy atom. The topological polar surface area (TPSA) is 43.7 Å². The Kier molecular flexibility index (Phi) is 5.79. The van der Waals surface area contributed by atoms with Gasteiger partial charge in [0.05, 0.1) is 0 Å². The molecule has 1 aliphatic rings. The quantitative estimate of drug-likeness (QED) is 0.705. The maximum Gasteiger partial charge on any atom is 0.128 e. The molecule has 0 bridgehead atoms. The smallest absolute Gasteiger partial charge is 0.128 e. The Bertz CT molecular complexity index is 804. The molecule has 2 aromatic carbocycles. The summed E-state index contributed by atoms with van der Waals surface area (Å²) in [6.45, 7) is 10.5. The van der Waals surface area contributed by atoms with Gasteiger partial charge in [-0.15, -0.1) is 13.2 Å². The molecule has 3 rings (SSSR count). The lowest BCUT2D eigenvalue weighted by atomic mass is 9.94. The highest BCUT2D eigenvalue weighted by Gasteiger charge is 2.18. The molecular formula is C23H27NO2. The molecule has 2 aromatic rings. The lowest BCUT2D eigenvalue weighted by Crippen LogP contribution is -2.18. The Morgan fingerprint density at radius 2 is 1.54 bits per heavy atom. The van der Waals surface area contributed by atoms with E-state index in [2.05, 4.69) is 24.1 Å². The largest absolute Gasteiger partial charge is 0.507 e. The molecule has 1 heterocycles. The summed E-state index contributed by atoms with van der Waals surface area (Å²) in [6.07, 6.45) is 7.58. The molecule has 1 aliphatic heterocycles. The van der Waals surface area contributed by atoms with E-state index in [0.717, 1.165) is 49.2 Å². The molecule has 3 heteroatoms. The summed E-state index contributed by atoms with van der Waals surface area (Å²) >= 11 is 0. The Labute approximate surface area is 155 Å². The zero-order chi connectivity index (χ0) is 18.5. The third-order valence-corrected chi connectivity index (χ3v) is 4.95. The van der Waals surface area contributed by atoms with Crippen LogP contribution in [-0.4, -0.2) is 28.2 Å². The molecule has 0 unspecified atom stereocenters. The number of hydrogen-bond acceptors (Lipinski definition) is 3. The minimum absolute atomic E-state index is 0.177. The second-order valence-corrected chi connectivity index (χ2v) is 6.97. The van der Waals surface area contributed by atoms with Gasteiger partial charge in [0, 0.05) is 23.2 Å².